The second-order valence-corrected chi connectivity index (χ2v) is 4.26. The molecule has 1 fully saturated rings. The summed E-state index contributed by atoms with van der Waals surface area (Å²) in [4.78, 5) is 4.56. The topological polar surface area (TPSA) is 59.6 Å². The minimum absolute atomic E-state index is 0.400. The number of hydrogen-bond donors (Lipinski definition) is 2. The van der Waals surface area contributed by atoms with Gasteiger partial charge in [0.1, 0.15) is 18.2 Å². The zero-order valence-electron chi connectivity index (χ0n) is 9.93. The molecular formula is C13H19N3O. The molecule has 0 spiro atoms. The summed E-state index contributed by atoms with van der Waals surface area (Å²) in [5.41, 5.74) is 2.62. The van der Waals surface area contributed by atoms with E-state index < -0.39 is 0 Å². The highest BCUT2D eigenvalue weighted by atomic mass is 16.5. The van der Waals surface area contributed by atoms with Gasteiger partial charge in [-0.3, -0.25) is 4.99 Å². The van der Waals surface area contributed by atoms with Crippen molar-refractivity contribution in [2.45, 2.75) is 31.7 Å². The Bertz CT molecular complexity index is 358. The van der Waals surface area contributed by atoms with E-state index >= 15 is 0 Å². The lowest BCUT2D eigenvalue weighted by Crippen LogP contribution is -2.35. The number of hydrazine groups is 1. The lowest BCUT2D eigenvalue weighted by atomic mass is 10.3. The molecule has 0 radical (unpaired) electrons. The monoisotopic (exact) mass is 233 g/mol. The largest absolute Gasteiger partial charge is 0.486 e. The van der Waals surface area contributed by atoms with Gasteiger partial charge in [0.2, 0.25) is 0 Å². The van der Waals surface area contributed by atoms with Crippen LogP contribution in [-0.4, -0.2) is 18.5 Å². The van der Waals surface area contributed by atoms with Crippen molar-refractivity contribution in [1.82, 2.24) is 5.43 Å². The van der Waals surface area contributed by atoms with Crippen molar-refractivity contribution in [3.05, 3.63) is 30.3 Å². The summed E-state index contributed by atoms with van der Waals surface area (Å²) in [6, 6.07) is 10.1. The molecule has 0 amide bonds. The van der Waals surface area contributed by atoms with E-state index in [0.29, 0.717) is 12.6 Å². The van der Waals surface area contributed by atoms with E-state index in [4.69, 9.17) is 10.6 Å². The summed E-state index contributed by atoms with van der Waals surface area (Å²) in [7, 11) is 0. The van der Waals surface area contributed by atoms with Crippen LogP contribution in [0, 0.1) is 0 Å². The number of nitrogens with one attached hydrogen (secondary N) is 1. The number of ether oxygens (including phenoxy) is 1. The number of rotatable bonds is 4. The number of nitrogens with zero attached hydrogens (tertiary/aromatic N) is 1. The van der Waals surface area contributed by atoms with Crippen molar-refractivity contribution >= 4 is 5.84 Å². The number of para-hydroxylation sites is 1. The van der Waals surface area contributed by atoms with Crippen LogP contribution in [-0.2, 0) is 0 Å². The van der Waals surface area contributed by atoms with Crippen LogP contribution < -0.4 is 16.0 Å². The average molecular weight is 233 g/mol. The van der Waals surface area contributed by atoms with Crippen molar-refractivity contribution in [1.29, 1.82) is 0 Å². The number of nitrogens with two attached hydrogens (primary N) is 1. The van der Waals surface area contributed by atoms with Gasteiger partial charge in [-0.25, -0.2) is 5.84 Å². The van der Waals surface area contributed by atoms with Crippen LogP contribution in [0.5, 0.6) is 5.75 Å². The van der Waals surface area contributed by atoms with E-state index in [9.17, 15) is 0 Å². The van der Waals surface area contributed by atoms with Gasteiger partial charge in [0.25, 0.3) is 0 Å². The van der Waals surface area contributed by atoms with Gasteiger partial charge in [0.05, 0.1) is 6.04 Å². The standard InChI is InChI=1S/C13H19N3O/c14-16-13(15-11-6-4-5-7-11)10-17-12-8-2-1-3-9-12/h1-3,8-9,11H,4-7,10,14H2,(H,15,16). The molecule has 0 saturated heterocycles. The van der Waals surface area contributed by atoms with Gasteiger partial charge >= 0.3 is 0 Å². The molecule has 2 rings (SSSR count). The Kier molecular flexibility index (Phi) is 4.38. The van der Waals surface area contributed by atoms with E-state index in [1.807, 2.05) is 30.3 Å². The van der Waals surface area contributed by atoms with Crippen molar-refractivity contribution in [2.75, 3.05) is 6.61 Å². The molecular weight excluding hydrogens is 214 g/mol. The van der Waals surface area contributed by atoms with Crippen LogP contribution in [0.3, 0.4) is 0 Å². The zero-order chi connectivity index (χ0) is 11.9. The van der Waals surface area contributed by atoms with Gasteiger partial charge in [-0.1, -0.05) is 31.0 Å². The van der Waals surface area contributed by atoms with Gasteiger partial charge in [0, 0.05) is 0 Å². The SMILES string of the molecule is NNC(COc1ccccc1)=NC1CCCC1. The van der Waals surface area contributed by atoms with Crippen molar-refractivity contribution in [3.63, 3.8) is 0 Å². The minimum atomic E-state index is 0.400. The lowest BCUT2D eigenvalue weighted by molar-refractivity contribution is 0.371. The molecule has 0 aliphatic heterocycles. The van der Waals surface area contributed by atoms with Crippen LogP contribution in [0.15, 0.2) is 35.3 Å². The fourth-order valence-electron chi connectivity index (χ4n) is 2.04. The summed E-state index contributed by atoms with van der Waals surface area (Å²) >= 11 is 0. The average Bonchev–Trinajstić information content (AvgIpc) is 2.88. The van der Waals surface area contributed by atoms with Crippen molar-refractivity contribution < 1.29 is 4.74 Å². The third-order valence-corrected chi connectivity index (χ3v) is 2.95. The third kappa shape index (κ3) is 3.75. The van der Waals surface area contributed by atoms with Gasteiger partial charge in [-0.15, -0.1) is 0 Å². The van der Waals surface area contributed by atoms with E-state index in [1.54, 1.807) is 0 Å². The molecule has 1 aromatic carbocycles. The molecule has 0 bridgehead atoms. The van der Waals surface area contributed by atoms with Gasteiger partial charge in [-0.2, -0.15) is 0 Å². The maximum absolute atomic E-state index is 5.60. The van der Waals surface area contributed by atoms with Crippen molar-refractivity contribution in [3.8, 4) is 5.75 Å². The van der Waals surface area contributed by atoms with Crippen LogP contribution in [0.1, 0.15) is 25.7 Å². The number of amidine groups is 1. The van der Waals surface area contributed by atoms with Gasteiger partial charge in [0.15, 0.2) is 0 Å². The Hall–Kier alpha value is -1.55. The molecule has 0 aromatic heterocycles. The van der Waals surface area contributed by atoms with Crippen LogP contribution in [0.2, 0.25) is 0 Å². The highest BCUT2D eigenvalue weighted by molar-refractivity contribution is 5.83. The third-order valence-electron chi connectivity index (χ3n) is 2.95. The minimum Gasteiger partial charge on any atom is -0.486 e. The molecule has 92 valence electrons. The molecule has 1 aliphatic carbocycles. The van der Waals surface area contributed by atoms with Crippen LogP contribution in [0.4, 0.5) is 0 Å². The first-order valence-electron chi connectivity index (χ1n) is 6.09. The first kappa shape index (κ1) is 11.9. The molecule has 0 heterocycles. The Morgan fingerprint density at radius 1 is 1.29 bits per heavy atom. The number of benzene rings is 1. The predicted molar refractivity (Wildman–Crippen MR) is 69.0 cm³/mol. The lowest BCUT2D eigenvalue weighted by Gasteiger charge is -2.10. The smallest absolute Gasteiger partial charge is 0.149 e. The predicted octanol–water partition coefficient (Wildman–Crippen LogP) is 1.87. The van der Waals surface area contributed by atoms with E-state index in [-0.39, 0.29) is 0 Å². The molecule has 4 nitrogen and oxygen atoms in total. The maximum Gasteiger partial charge on any atom is 0.149 e. The number of aliphatic imine (C=N–C) groups is 1. The van der Waals surface area contributed by atoms with E-state index in [2.05, 4.69) is 10.4 Å². The summed E-state index contributed by atoms with van der Waals surface area (Å²) < 4.78 is 5.60. The molecule has 0 atom stereocenters. The fraction of sp³-hybridized carbons (Fsp3) is 0.462. The highest BCUT2D eigenvalue weighted by Crippen LogP contribution is 2.20. The molecule has 4 heteroatoms. The van der Waals surface area contributed by atoms with E-state index in [1.165, 1.54) is 12.8 Å². The maximum atomic E-state index is 5.60. The first-order valence-corrected chi connectivity index (χ1v) is 6.09. The van der Waals surface area contributed by atoms with Gasteiger partial charge < -0.3 is 10.2 Å². The zero-order valence-corrected chi connectivity index (χ0v) is 9.93. The first-order chi connectivity index (χ1) is 8.38. The van der Waals surface area contributed by atoms with Crippen LogP contribution >= 0.6 is 0 Å². The summed E-state index contributed by atoms with van der Waals surface area (Å²) in [5.74, 6) is 7.01. The fourth-order valence-corrected chi connectivity index (χ4v) is 2.04. The summed E-state index contributed by atoms with van der Waals surface area (Å²) in [6.07, 6.45) is 4.87. The number of hydrogen-bond acceptors (Lipinski definition) is 3. The van der Waals surface area contributed by atoms with Gasteiger partial charge in [-0.05, 0) is 25.0 Å². The van der Waals surface area contributed by atoms with Crippen molar-refractivity contribution in [2.24, 2.45) is 10.8 Å². The summed E-state index contributed by atoms with van der Waals surface area (Å²) in [6.45, 7) is 0.400. The van der Waals surface area contributed by atoms with Crippen LogP contribution in [0.25, 0.3) is 0 Å². The Morgan fingerprint density at radius 3 is 2.65 bits per heavy atom. The normalized spacial score (nSPS) is 17.1. The molecule has 0 unspecified atom stereocenters. The quantitative estimate of drug-likeness (QED) is 0.361. The molecule has 1 aromatic rings. The second-order valence-electron chi connectivity index (χ2n) is 4.26. The second kappa shape index (κ2) is 6.25. The molecule has 1 aliphatic rings. The molecule has 17 heavy (non-hydrogen) atoms. The Morgan fingerprint density at radius 2 is 2.00 bits per heavy atom. The summed E-state index contributed by atoms with van der Waals surface area (Å²) in [5, 5.41) is 0. The van der Waals surface area contributed by atoms with E-state index in [0.717, 1.165) is 24.4 Å². The Balaban J connectivity index is 1.87. The highest BCUT2D eigenvalue weighted by Gasteiger charge is 2.14. The molecule has 1 saturated carbocycles. The Labute approximate surface area is 102 Å². The molecule has 3 N–H and O–H groups in total.